The summed E-state index contributed by atoms with van der Waals surface area (Å²) < 4.78 is -0.401. The van der Waals surface area contributed by atoms with Crippen molar-refractivity contribution in [1.29, 1.82) is 0 Å². The van der Waals surface area contributed by atoms with Gasteiger partial charge in [-0.15, -0.1) is 0 Å². The molecule has 0 N–H and O–H groups in total. The van der Waals surface area contributed by atoms with Crippen molar-refractivity contribution in [2.75, 3.05) is 0 Å². The van der Waals surface area contributed by atoms with Crippen LogP contribution in [-0.4, -0.2) is 12.2 Å². The van der Waals surface area contributed by atoms with Crippen molar-refractivity contribution in [1.82, 2.24) is 0 Å². The molecule has 0 aliphatic heterocycles. The lowest BCUT2D eigenvalue weighted by molar-refractivity contribution is -0.138. The van der Waals surface area contributed by atoms with Crippen LogP contribution in [0.25, 0.3) is 0 Å². The summed E-state index contributed by atoms with van der Waals surface area (Å²) in [6.07, 6.45) is 1.23. The molecule has 0 aliphatic rings. The molecule has 0 radical (unpaired) electrons. The Balaban J connectivity index is 2.72. The average molecular weight is 347 g/mol. The first-order valence-corrected chi connectivity index (χ1v) is 6.21. The molecular weight excluding hydrogens is 343 g/mol. The van der Waals surface area contributed by atoms with E-state index in [4.69, 9.17) is 58.0 Å². The SMILES string of the molecule is O=C(O/N=C\c1ccc(Cl)cc1Cl)C(Cl)=C(Cl)Cl. The number of hydrogen-bond donors (Lipinski definition) is 0. The first-order valence-electron chi connectivity index (χ1n) is 4.32. The van der Waals surface area contributed by atoms with Crippen LogP contribution in [0.4, 0.5) is 0 Å². The summed E-state index contributed by atoms with van der Waals surface area (Å²) >= 11 is 27.6. The molecule has 0 fully saturated rings. The normalized spacial score (nSPS) is 10.5. The summed E-state index contributed by atoms with van der Waals surface area (Å²) in [7, 11) is 0. The van der Waals surface area contributed by atoms with E-state index in [0.717, 1.165) is 0 Å². The number of halogens is 5. The first-order chi connectivity index (χ1) is 8.41. The predicted octanol–water partition coefficient (Wildman–Crippen LogP) is 4.76. The van der Waals surface area contributed by atoms with E-state index in [-0.39, 0.29) is 0 Å². The number of benzene rings is 1. The molecule has 0 aromatic heterocycles. The lowest BCUT2D eigenvalue weighted by atomic mass is 10.2. The molecule has 0 aliphatic carbocycles. The molecule has 0 heterocycles. The van der Waals surface area contributed by atoms with Gasteiger partial charge in [0.25, 0.3) is 0 Å². The molecule has 0 spiro atoms. The number of rotatable bonds is 3. The van der Waals surface area contributed by atoms with Gasteiger partial charge in [-0.05, 0) is 12.1 Å². The minimum atomic E-state index is -0.974. The summed E-state index contributed by atoms with van der Waals surface area (Å²) in [4.78, 5) is 15.6. The number of oxime groups is 1. The van der Waals surface area contributed by atoms with Crippen molar-refractivity contribution in [2.24, 2.45) is 5.16 Å². The van der Waals surface area contributed by atoms with Gasteiger partial charge in [0, 0.05) is 10.6 Å². The monoisotopic (exact) mass is 345 g/mol. The Hall–Kier alpha value is -0.450. The Morgan fingerprint density at radius 2 is 1.89 bits per heavy atom. The van der Waals surface area contributed by atoms with Gasteiger partial charge in [-0.3, -0.25) is 0 Å². The Morgan fingerprint density at radius 1 is 1.22 bits per heavy atom. The van der Waals surface area contributed by atoms with Crippen LogP contribution in [0.3, 0.4) is 0 Å². The van der Waals surface area contributed by atoms with E-state index in [9.17, 15) is 4.79 Å². The number of hydrogen-bond acceptors (Lipinski definition) is 3. The van der Waals surface area contributed by atoms with E-state index in [1.165, 1.54) is 12.3 Å². The summed E-state index contributed by atoms with van der Waals surface area (Å²) in [6.45, 7) is 0. The van der Waals surface area contributed by atoms with E-state index in [1.54, 1.807) is 12.1 Å². The zero-order valence-electron chi connectivity index (χ0n) is 8.46. The molecule has 1 aromatic rings. The van der Waals surface area contributed by atoms with E-state index >= 15 is 0 Å². The summed E-state index contributed by atoms with van der Waals surface area (Å²) in [5.41, 5.74) is 0.519. The number of carbonyl (C=O) groups excluding carboxylic acids is 1. The van der Waals surface area contributed by atoms with E-state index in [0.29, 0.717) is 15.6 Å². The van der Waals surface area contributed by atoms with Crippen LogP contribution in [-0.2, 0) is 9.63 Å². The van der Waals surface area contributed by atoms with Crippen molar-refractivity contribution in [2.45, 2.75) is 0 Å². The molecule has 0 saturated heterocycles. The lowest BCUT2D eigenvalue weighted by Crippen LogP contribution is -2.00. The van der Waals surface area contributed by atoms with Crippen molar-refractivity contribution in [3.63, 3.8) is 0 Å². The summed E-state index contributed by atoms with van der Waals surface area (Å²) in [6, 6.07) is 4.74. The fraction of sp³-hybridized carbons (Fsp3) is 0. The van der Waals surface area contributed by atoms with Crippen molar-refractivity contribution in [3.8, 4) is 0 Å². The second-order valence-electron chi connectivity index (χ2n) is 2.85. The Labute approximate surface area is 128 Å². The number of nitrogens with zero attached hydrogens (tertiary/aromatic N) is 1. The zero-order chi connectivity index (χ0) is 13.7. The molecular formula is C10H4Cl5NO2. The maximum Gasteiger partial charge on any atom is 0.379 e. The average Bonchev–Trinajstić information content (AvgIpc) is 2.30. The third kappa shape index (κ3) is 4.67. The van der Waals surface area contributed by atoms with Gasteiger partial charge < -0.3 is 4.84 Å². The van der Waals surface area contributed by atoms with Gasteiger partial charge >= 0.3 is 5.97 Å². The summed E-state index contributed by atoms with van der Waals surface area (Å²) in [5, 5.41) is 3.78. The molecule has 96 valence electrons. The van der Waals surface area contributed by atoms with E-state index in [2.05, 4.69) is 9.99 Å². The smallest absolute Gasteiger partial charge is 0.312 e. The molecule has 1 rings (SSSR count). The van der Waals surface area contributed by atoms with Gasteiger partial charge in [0.2, 0.25) is 0 Å². The highest BCUT2D eigenvalue weighted by Gasteiger charge is 2.12. The van der Waals surface area contributed by atoms with Crippen molar-refractivity contribution < 1.29 is 9.63 Å². The zero-order valence-corrected chi connectivity index (χ0v) is 12.2. The highest BCUT2D eigenvalue weighted by atomic mass is 35.5. The maximum absolute atomic E-state index is 11.2. The van der Waals surface area contributed by atoms with Crippen LogP contribution < -0.4 is 0 Å². The first kappa shape index (κ1) is 15.6. The van der Waals surface area contributed by atoms with Crippen molar-refractivity contribution >= 4 is 70.2 Å². The van der Waals surface area contributed by atoms with E-state index < -0.39 is 15.5 Å². The molecule has 18 heavy (non-hydrogen) atoms. The van der Waals surface area contributed by atoms with Crippen LogP contribution in [0.5, 0.6) is 0 Å². The molecule has 0 saturated carbocycles. The second-order valence-corrected chi connectivity index (χ2v) is 5.02. The lowest BCUT2D eigenvalue weighted by Gasteiger charge is -1.98. The van der Waals surface area contributed by atoms with Gasteiger partial charge in [-0.1, -0.05) is 69.2 Å². The fourth-order valence-corrected chi connectivity index (χ4v) is 1.50. The highest BCUT2D eigenvalue weighted by molar-refractivity contribution is 6.62. The van der Waals surface area contributed by atoms with Gasteiger partial charge in [0.1, 0.15) is 4.49 Å². The van der Waals surface area contributed by atoms with Crippen molar-refractivity contribution in [3.05, 3.63) is 43.3 Å². The highest BCUT2D eigenvalue weighted by Crippen LogP contribution is 2.20. The number of carbonyl (C=O) groups is 1. The van der Waals surface area contributed by atoms with Crippen LogP contribution in [0.15, 0.2) is 32.9 Å². The van der Waals surface area contributed by atoms with Crippen LogP contribution in [0, 0.1) is 0 Å². The van der Waals surface area contributed by atoms with Gasteiger partial charge in [0.15, 0.2) is 5.03 Å². The van der Waals surface area contributed by atoms with Crippen LogP contribution in [0.1, 0.15) is 5.56 Å². The van der Waals surface area contributed by atoms with Gasteiger partial charge in [-0.2, -0.15) is 0 Å². The minimum absolute atomic E-state index is 0.360. The molecule has 0 atom stereocenters. The second kappa shape index (κ2) is 7.22. The quantitative estimate of drug-likeness (QED) is 0.342. The molecule has 1 aromatic carbocycles. The van der Waals surface area contributed by atoms with E-state index in [1.807, 2.05) is 0 Å². The molecule has 0 bridgehead atoms. The van der Waals surface area contributed by atoms with Crippen LogP contribution in [0.2, 0.25) is 10.0 Å². The van der Waals surface area contributed by atoms with Gasteiger partial charge in [-0.25, -0.2) is 4.79 Å². The molecule has 3 nitrogen and oxygen atoms in total. The minimum Gasteiger partial charge on any atom is -0.312 e. The standard InChI is InChI=1S/C10H4Cl5NO2/c11-6-2-1-5(7(12)3-6)4-16-18-10(17)8(13)9(14)15/h1-4H/b16-4-. The Bertz CT molecular complexity index is 523. The predicted molar refractivity (Wildman–Crippen MR) is 74.7 cm³/mol. The maximum atomic E-state index is 11.2. The largest absolute Gasteiger partial charge is 0.379 e. The molecule has 8 heteroatoms. The topological polar surface area (TPSA) is 38.7 Å². The molecule has 0 amide bonds. The Kier molecular flexibility index (Phi) is 6.26. The molecule has 0 unspecified atom stereocenters. The van der Waals surface area contributed by atoms with Gasteiger partial charge in [0.05, 0.1) is 11.2 Å². The Morgan fingerprint density at radius 3 is 2.44 bits per heavy atom. The van der Waals surface area contributed by atoms with Crippen LogP contribution >= 0.6 is 58.0 Å². The fourth-order valence-electron chi connectivity index (χ4n) is 0.854. The summed E-state index contributed by atoms with van der Waals surface area (Å²) in [5.74, 6) is -0.974. The third-order valence-corrected chi connectivity index (χ3v) is 3.11. The third-order valence-electron chi connectivity index (χ3n) is 1.64.